The first-order valence-corrected chi connectivity index (χ1v) is 13.1. The Hall–Kier alpha value is -2.81. The lowest BCUT2D eigenvalue weighted by Crippen LogP contribution is -2.48. The molecule has 4 aliphatic rings. The molecule has 5 heteroatoms. The van der Waals surface area contributed by atoms with Gasteiger partial charge in [0.1, 0.15) is 12.4 Å². The first kappa shape index (κ1) is 24.9. The lowest BCUT2D eigenvalue weighted by atomic mass is 9.48. The largest absolute Gasteiger partial charge is 0.467 e. The summed E-state index contributed by atoms with van der Waals surface area (Å²) in [6.07, 6.45) is 8.01. The van der Waals surface area contributed by atoms with Crippen molar-refractivity contribution in [3.8, 4) is 17.6 Å². The first-order valence-electron chi connectivity index (χ1n) is 13.1. The highest BCUT2D eigenvalue weighted by molar-refractivity contribution is 5.65. The fraction of sp³-hybridized carbons (Fsp3) is 0.516. The third-order valence-electron chi connectivity index (χ3n) is 8.07. The summed E-state index contributed by atoms with van der Waals surface area (Å²) in [6.45, 7) is 3.01. The monoisotopic (exact) mass is 488 g/mol. The molecule has 0 saturated heterocycles. The molecule has 4 fully saturated rings. The van der Waals surface area contributed by atoms with Gasteiger partial charge in [-0.25, -0.2) is 0 Å². The Morgan fingerprint density at radius 1 is 0.917 bits per heavy atom. The number of carbonyl (C=O) groups is 1. The van der Waals surface area contributed by atoms with Crippen LogP contribution >= 0.6 is 0 Å². The second-order valence-electron chi connectivity index (χ2n) is 10.8. The molecule has 0 atom stereocenters. The smallest absolute Gasteiger partial charge is 0.302 e. The van der Waals surface area contributed by atoms with Crippen molar-refractivity contribution in [2.75, 3.05) is 27.1 Å². The fourth-order valence-corrected chi connectivity index (χ4v) is 6.91. The molecule has 2 aromatic rings. The minimum Gasteiger partial charge on any atom is -0.467 e. The molecule has 0 heterocycles. The zero-order valence-electron chi connectivity index (χ0n) is 21.4. The van der Waals surface area contributed by atoms with Crippen LogP contribution in [0.3, 0.4) is 0 Å². The molecule has 5 nitrogen and oxygen atoms in total. The second-order valence-corrected chi connectivity index (χ2v) is 10.8. The van der Waals surface area contributed by atoms with Crippen LogP contribution in [0.15, 0.2) is 42.5 Å². The van der Waals surface area contributed by atoms with Crippen LogP contribution in [0.1, 0.15) is 67.7 Å². The van der Waals surface area contributed by atoms with Gasteiger partial charge in [-0.1, -0.05) is 24.0 Å². The Morgan fingerprint density at radius 2 is 1.56 bits per heavy atom. The highest BCUT2D eigenvalue weighted by Crippen LogP contribution is 2.61. The van der Waals surface area contributed by atoms with Gasteiger partial charge < -0.3 is 18.9 Å². The van der Waals surface area contributed by atoms with Gasteiger partial charge >= 0.3 is 5.97 Å². The van der Waals surface area contributed by atoms with Crippen molar-refractivity contribution in [3.63, 3.8) is 0 Å². The molecule has 0 amide bonds. The minimum atomic E-state index is -0.275. The Labute approximate surface area is 214 Å². The average Bonchev–Trinajstić information content (AvgIpc) is 2.86. The summed E-state index contributed by atoms with van der Waals surface area (Å²) in [5, 5.41) is 0. The molecule has 0 N–H and O–H groups in total. The molecule has 2 aromatic carbocycles. The van der Waals surface area contributed by atoms with Gasteiger partial charge in [-0.2, -0.15) is 0 Å². The van der Waals surface area contributed by atoms with Gasteiger partial charge in [0.2, 0.25) is 0 Å². The van der Waals surface area contributed by atoms with E-state index in [4.69, 9.17) is 18.9 Å². The van der Waals surface area contributed by atoms with Gasteiger partial charge in [0.15, 0.2) is 6.79 Å². The number of carbonyl (C=O) groups excluding carboxylic acids is 1. The van der Waals surface area contributed by atoms with E-state index in [1.54, 1.807) is 7.11 Å². The van der Waals surface area contributed by atoms with Crippen molar-refractivity contribution in [1.82, 2.24) is 0 Å². The summed E-state index contributed by atoms with van der Waals surface area (Å²) in [5.74, 6) is 9.89. The van der Waals surface area contributed by atoms with E-state index in [0.717, 1.165) is 40.2 Å². The summed E-state index contributed by atoms with van der Waals surface area (Å²) in [7, 11) is 1.67. The van der Waals surface area contributed by atoms with Crippen LogP contribution in [0.4, 0.5) is 0 Å². The lowest BCUT2D eigenvalue weighted by Gasteiger charge is -2.57. The summed E-state index contributed by atoms with van der Waals surface area (Å²) in [5.41, 5.74) is 4.42. The van der Waals surface area contributed by atoms with Crippen molar-refractivity contribution in [3.05, 3.63) is 64.7 Å². The maximum atomic E-state index is 11.0. The molecular formula is C31H36O5. The molecular weight excluding hydrogens is 452 g/mol. The fourth-order valence-electron chi connectivity index (χ4n) is 6.91. The number of esters is 1. The van der Waals surface area contributed by atoms with E-state index in [2.05, 4.69) is 30.0 Å². The standard InChI is InChI=1S/C31H36O5/c1-22(32)35-20-25-7-4-23(5-8-25)3-6-24-9-10-30(36-21-34-12-11-33-2)29(16-24)31-17-26-13-27(18-31)15-28(14-26)19-31/h4-5,7-10,16,26-28H,11-15,17-21H2,1-2H3. The molecule has 4 saturated carbocycles. The van der Waals surface area contributed by atoms with Crippen LogP contribution in [-0.4, -0.2) is 33.1 Å². The number of hydrogen-bond donors (Lipinski definition) is 0. The van der Waals surface area contributed by atoms with E-state index in [1.165, 1.54) is 51.0 Å². The van der Waals surface area contributed by atoms with E-state index < -0.39 is 0 Å². The van der Waals surface area contributed by atoms with E-state index in [-0.39, 0.29) is 24.8 Å². The molecule has 0 unspecified atom stereocenters. The van der Waals surface area contributed by atoms with Crippen LogP contribution in [0.25, 0.3) is 0 Å². The summed E-state index contributed by atoms with van der Waals surface area (Å²) in [4.78, 5) is 11.0. The Balaban J connectivity index is 1.37. The molecule has 4 aliphatic carbocycles. The van der Waals surface area contributed by atoms with Gasteiger partial charge in [-0.3, -0.25) is 4.79 Å². The molecule has 0 aromatic heterocycles. The van der Waals surface area contributed by atoms with E-state index >= 15 is 0 Å². The van der Waals surface area contributed by atoms with Crippen LogP contribution in [0.5, 0.6) is 5.75 Å². The van der Waals surface area contributed by atoms with Gasteiger partial charge in [-0.05, 0) is 97.6 Å². The molecule has 0 aliphatic heterocycles. The Kier molecular flexibility index (Phi) is 7.65. The highest BCUT2D eigenvalue weighted by Gasteiger charge is 2.52. The third-order valence-corrected chi connectivity index (χ3v) is 8.07. The van der Waals surface area contributed by atoms with Crippen LogP contribution in [0, 0.1) is 29.6 Å². The van der Waals surface area contributed by atoms with Gasteiger partial charge in [0, 0.05) is 30.7 Å². The number of methoxy groups -OCH3 is 1. The minimum absolute atomic E-state index is 0.201. The van der Waals surface area contributed by atoms with Gasteiger partial charge in [0.25, 0.3) is 0 Å². The van der Waals surface area contributed by atoms with Crippen molar-refractivity contribution in [2.45, 2.75) is 57.5 Å². The zero-order valence-corrected chi connectivity index (χ0v) is 21.4. The molecule has 190 valence electrons. The molecule has 0 spiro atoms. The number of hydrogen-bond acceptors (Lipinski definition) is 5. The maximum absolute atomic E-state index is 11.0. The van der Waals surface area contributed by atoms with Crippen LogP contribution in [0.2, 0.25) is 0 Å². The molecule has 6 rings (SSSR count). The topological polar surface area (TPSA) is 54.0 Å². The van der Waals surface area contributed by atoms with Gasteiger partial charge in [-0.15, -0.1) is 0 Å². The highest BCUT2D eigenvalue weighted by atomic mass is 16.7. The van der Waals surface area contributed by atoms with Crippen LogP contribution < -0.4 is 4.74 Å². The maximum Gasteiger partial charge on any atom is 0.302 e. The quantitative estimate of drug-likeness (QED) is 0.199. The number of benzene rings is 2. The predicted octanol–water partition coefficient (Wildman–Crippen LogP) is 5.62. The zero-order chi connectivity index (χ0) is 25.0. The molecule has 4 bridgehead atoms. The van der Waals surface area contributed by atoms with Crippen molar-refractivity contribution < 1.29 is 23.7 Å². The predicted molar refractivity (Wildman–Crippen MR) is 138 cm³/mol. The number of rotatable bonds is 9. The summed E-state index contributed by atoms with van der Waals surface area (Å²) in [6, 6.07) is 14.3. The van der Waals surface area contributed by atoms with Crippen LogP contribution in [-0.2, 0) is 31.0 Å². The van der Waals surface area contributed by atoms with Gasteiger partial charge in [0.05, 0.1) is 13.2 Å². The van der Waals surface area contributed by atoms with E-state index in [1.807, 2.05) is 24.3 Å². The van der Waals surface area contributed by atoms with Crippen molar-refractivity contribution >= 4 is 5.97 Å². The van der Waals surface area contributed by atoms with E-state index in [9.17, 15) is 4.79 Å². The lowest BCUT2D eigenvalue weighted by molar-refractivity contribution is -0.142. The Morgan fingerprint density at radius 3 is 2.19 bits per heavy atom. The van der Waals surface area contributed by atoms with Crippen molar-refractivity contribution in [2.24, 2.45) is 17.8 Å². The second kappa shape index (κ2) is 11.1. The SMILES string of the molecule is COCCOCOc1ccc(C#Cc2ccc(COC(C)=O)cc2)cc1C12CC3CC(CC(C3)C1)C2. The average molecular weight is 489 g/mol. The van der Waals surface area contributed by atoms with E-state index in [0.29, 0.717) is 13.2 Å². The first-order chi connectivity index (χ1) is 17.5. The number of ether oxygens (including phenoxy) is 4. The normalized spacial score (nSPS) is 25.8. The summed E-state index contributed by atoms with van der Waals surface area (Å²) >= 11 is 0. The third kappa shape index (κ3) is 5.77. The summed E-state index contributed by atoms with van der Waals surface area (Å²) < 4.78 is 21.9. The molecule has 36 heavy (non-hydrogen) atoms. The Bertz CT molecular complexity index is 1090. The molecule has 0 radical (unpaired) electrons. The van der Waals surface area contributed by atoms with Crippen molar-refractivity contribution in [1.29, 1.82) is 0 Å².